The summed E-state index contributed by atoms with van der Waals surface area (Å²) in [5.74, 6) is 3.53. The highest BCUT2D eigenvalue weighted by molar-refractivity contribution is 8.76. The molecule has 0 heterocycles. The first-order valence-electron chi connectivity index (χ1n) is 4.51. The van der Waals surface area contributed by atoms with Gasteiger partial charge in [0.25, 0.3) is 0 Å². The van der Waals surface area contributed by atoms with E-state index in [-0.39, 0.29) is 0 Å². The molecule has 0 bridgehead atoms. The van der Waals surface area contributed by atoms with Crippen LogP contribution in [0.1, 0.15) is 40.0 Å². The van der Waals surface area contributed by atoms with Gasteiger partial charge in [0.05, 0.1) is 0 Å². The van der Waals surface area contributed by atoms with Crippen LogP contribution >= 0.6 is 21.6 Å². The number of hydrogen-bond acceptors (Lipinski definition) is 2. The quantitative estimate of drug-likeness (QED) is 0.438. The Labute approximate surface area is 79.3 Å². The molecule has 0 saturated carbocycles. The summed E-state index contributed by atoms with van der Waals surface area (Å²) in [6.07, 6.45) is 4.07. The predicted octanol–water partition coefficient (Wildman–Crippen LogP) is 4.21. The molecule has 0 aliphatic heterocycles. The van der Waals surface area contributed by atoms with Crippen LogP contribution in [0.25, 0.3) is 0 Å². The van der Waals surface area contributed by atoms with Gasteiger partial charge < -0.3 is 0 Å². The van der Waals surface area contributed by atoms with Gasteiger partial charge in [-0.15, -0.1) is 0 Å². The predicted molar refractivity (Wildman–Crippen MR) is 59.3 cm³/mol. The van der Waals surface area contributed by atoms with Crippen molar-refractivity contribution in [2.45, 2.75) is 40.0 Å². The molecule has 0 nitrogen and oxygen atoms in total. The van der Waals surface area contributed by atoms with Crippen LogP contribution in [0.2, 0.25) is 0 Å². The summed E-state index contributed by atoms with van der Waals surface area (Å²) in [5, 5.41) is 0. The first-order chi connectivity index (χ1) is 5.27. The molecule has 0 amide bonds. The van der Waals surface area contributed by atoms with Crippen molar-refractivity contribution < 1.29 is 0 Å². The topological polar surface area (TPSA) is 0 Å². The molecule has 2 heteroatoms. The number of hydrogen-bond donors (Lipinski definition) is 0. The first kappa shape index (κ1) is 11.7. The van der Waals surface area contributed by atoms with E-state index in [0.29, 0.717) is 0 Å². The van der Waals surface area contributed by atoms with E-state index in [1.807, 2.05) is 21.6 Å². The van der Waals surface area contributed by atoms with Crippen molar-refractivity contribution in [2.75, 3.05) is 11.5 Å². The molecule has 0 aliphatic carbocycles. The fourth-order valence-electron chi connectivity index (χ4n) is 0.605. The van der Waals surface area contributed by atoms with E-state index >= 15 is 0 Å². The minimum absolute atomic E-state index is 0.870. The van der Waals surface area contributed by atoms with Crippen LogP contribution in [0.5, 0.6) is 0 Å². The third kappa shape index (κ3) is 10.7. The standard InChI is InChI=1S/C9H20S2/c1-4-5-7-10-11-8-6-9(2)3/h9H,4-8H2,1-3H3. The summed E-state index contributed by atoms with van der Waals surface area (Å²) in [7, 11) is 4.07. The van der Waals surface area contributed by atoms with Crippen molar-refractivity contribution in [3.63, 3.8) is 0 Å². The van der Waals surface area contributed by atoms with Gasteiger partial charge >= 0.3 is 0 Å². The third-order valence-corrected chi connectivity index (χ3v) is 3.97. The summed E-state index contributed by atoms with van der Waals surface area (Å²) in [6.45, 7) is 6.83. The average Bonchev–Trinajstić information content (AvgIpc) is 1.96. The van der Waals surface area contributed by atoms with Crippen LogP contribution in [0.3, 0.4) is 0 Å². The van der Waals surface area contributed by atoms with E-state index in [1.54, 1.807) is 0 Å². The molecule has 0 saturated heterocycles. The highest BCUT2D eigenvalue weighted by Gasteiger charge is 1.94. The second-order valence-electron chi connectivity index (χ2n) is 3.18. The zero-order valence-corrected chi connectivity index (χ0v) is 9.56. The largest absolute Gasteiger partial charge is 0.0942 e. The molecule has 11 heavy (non-hydrogen) atoms. The van der Waals surface area contributed by atoms with Crippen molar-refractivity contribution >= 4 is 21.6 Å². The van der Waals surface area contributed by atoms with Crippen LogP contribution in [-0.4, -0.2) is 11.5 Å². The lowest BCUT2D eigenvalue weighted by molar-refractivity contribution is 0.633. The molecule has 0 unspecified atom stereocenters. The van der Waals surface area contributed by atoms with E-state index < -0.39 is 0 Å². The van der Waals surface area contributed by atoms with Gasteiger partial charge in [-0.25, -0.2) is 0 Å². The second-order valence-corrected chi connectivity index (χ2v) is 5.88. The van der Waals surface area contributed by atoms with E-state index in [4.69, 9.17) is 0 Å². The van der Waals surface area contributed by atoms with Crippen LogP contribution in [-0.2, 0) is 0 Å². The van der Waals surface area contributed by atoms with E-state index in [2.05, 4.69) is 20.8 Å². The first-order valence-corrected chi connectivity index (χ1v) is 7.00. The van der Waals surface area contributed by atoms with Crippen molar-refractivity contribution in [2.24, 2.45) is 5.92 Å². The molecule has 0 N–H and O–H groups in total. The lowest BCUT2D eigenvalue weighted by atomic mass is 10.2. The van der Waals surface area contributed by atoms with E-state index in [9.17, 15) is 0 Å². The number of unbranched alkanes of at least 4 members (excludes halogenated alkanes) is 1. The van der Waals surface area contributed by atoms with E-state index in [0.717, 1.165) is 5.92 Å². The van der Waals surface area contributed by atoms with Crippen molar-refractivity contribution in [1.82, 2.24) is 0 Å². The molecule has 0 aromatic carbocycles. The average molecular weight is 192 g/mol. The smallest absolute Gasteiger partial charge is 0.00393 e. The molecule has 0 aromatic rings. The summed E-state index contributed by atoms with van der Waals surface area (Å²) in [4.78, 5) is 0. The molecule has 0 aromatic heterocycles. The van der Waals surface area contributed by atoms with Crippen molar-refractivity contribution in [1.29, 1.82) is 0 Å². The monoisotopic (exact) mass is 192 g/mol. The molecule has 0 atom stereocenters. The van der Waals surface area contributed by atoms with Gasteiger partial charge in [-0.05, 0) is 18.8 Å². The lowest BCUT2D eigenvalue weighted by Gasteiger charge is -2.02. The fourth-order valence-corrected chi connectivity index (χ4v) is 3.16. The Morgan fingerprint density at radius 1 is 1.09 bits per heavy atom. The summed E-state index contributed by atoms with van der Waals surface area (Å²) < 4.78 is 0. The van der Waals surface area contributed by atoms with Crippen molar-refractivity contribution in [3.05, 3.63) is 0 Å². The van der Waals surface area contributed by atoms with Gasteiger partial charge in [-0.2, -0.15) is 0 Å². The highest BCUT2D eigenvalue weighted by Crippen LogP contribution is 2.24. The summed E-state index contributed by atoms with van der Waals surface area (Å²) >= 11 is 0. The SMILES string of the molecule is CCCCSSCCC(C)C. The Kier molecular flexibility index (Phi) is 9.35. The van der Waals surface area contributed by atoms with Gasteiger partial charge in [-0.3, -0.25) is 0 Å². The molecule has 68 valence electrons. The Bertz CT molecular complexity index is 72.0. The van der Waals surface area contributed by atoms with Crippen molar-refractivity contribution in [3.8, 4) is 0 Å². The van der Waals surface area contributed by atoms with Crippen LogP contribution in [0.15, 0.2) is 0 Å². The Hall–Kier alpha value is 0.700. The van der Waals surface area contributed by atoms with E-state index in [1.165, 1.54) is 30.8 Å². The minimum Gasteiger partial charge on any atom is -0.0942 e. The Balaban J connectivity index is 2.80. The Morgan fingerprint density at radius 3 is 2.27 bits per heavy atom. The summed E-state index contributed by atoms with van der Waals surface area (Å²) in [6, 6.07) is 0. The Morgan fingerprint density at radius 2 is 1.73 bits per heavy atom. The van der Waals surface area contributed by atoms with Gasteiger partial charge in [-0.1, -0.05) is 48.8 Å². The molecule has 0 spiro atoms. The maximum Gasteiger partial charge on any atom is 0.00393 e. The molecule has 0 fully saturated rings. The van der Waals surface area contributed by atoms with Gasteiger partial charge in [0.2, 0.25) is 0 Å². The number of rotatable bonds is 7. The molecule has 0 rings (SSSR count). The zero-order valence-electron chi connectivity index (χ0n) is 7.93. The van der Waals surface area contributed by atoms with Gasteiger partial charge in [0.1, 0.15) is 0 Å². The lowest BCUT2D eigenvalue weighted by Crippen LogP contribution is -1.87. The maximum atomic E-state index is 2.29. The molecule has 0 radical (unpaired) electrons. The maximum absolute atomic E-state index is 2.29. The molecular weight excluding hydrogens is 172 g/mol. The van der Waals surface area contributed by atoms with Crippen LogP contribution < -0.4 is 0 Å². The van der Waals surface area contributed by atoms with Gasteiger partial charge in [0, 0.05) is 11.5 Å². The normalized spacial score (nSPS) is 10.9. The van der Waals surface area contributed by atoms with Gasteiger partial charge in [0.15, 0.2) is 0 Å². The van der Waals surface area contributed by atoms with Crippen LogP contribution in [0.4, 0.5) is 0 Å². The second kappa shape index (κ2) is 8.79. The third-order valence-electron chi connectivity index (χ3n) is 1.44. The fraction of sp³-hybridized carbons (Fsp3) is 1.00. The van der Waals surface area contributed by atoms with Crippen LogP contribution in [0, 0.1) is 5.92 Å². The molecular formula is C9H20S2. The highest BCUT2D eigenvalue weighted by atomic mass is 33.1. The summed E-state index contributed by atoms with van der Waals surface area (Å²) in [5.41, 5.74) is 0. The molecule has 0 aliphatic rings. The zero-order chi connectivity index (χ0) is 8.53. The minimum atomic E-state index is 0.870.